The maximum atomic E-state index is 12.8. The van der Waals surface area contributed by atoms with Crippen molar-refractivity contribution in [1.82, 2.24) is 10.6 Å². The van der Waals surface area contributed by atoms with E-state index in [4.69, 9.17) is 24.3 Å². The summed E-state index contributed by atoms with van der Waals surface area (Å²) < 4.78 is 110. The van der Waals surface area contributed by atoms with Crippen molar-refractivity contribution < 1.29 is 43.4 Å². The standard InChI is InChI=1S/C15H26N2O5/c1-8(2)5-6-16-13(18)10(7-9(3)4)17-14(19)11-12(22-11)15(20)21/h8-12H,5-7H2,1-4H3,(H,16,18)(H,17,19)(H,20,21)/t10-,11-,12-/m0/s1/i1D3,2D3,3D3,4D3,8D,9D. The van der Waals surface area contributed by atoms with Gasteiger partial charge in [-0.3, -0.25) is 9.59 Å². The topological polar surface area (TPSA) is 108 Å². The van der Waals surface area contributed by atoms with Gasteiger partial charge in [-0.2, -0.15) is 0 Å². The zero-order valence-corrected chi connectivity index (χ0v) is 11.4. The maximum Gasteiger partial charge on any atom is 0.336 e. The van der Waals surface area contributed by atoms with E-state index >= 15 is 0 Å². The van der Waals surface area contributed by atoms with Crippen LogP contribution < -0.4 is 10.6 Å². The molecule has 0 aromatic rings. The molecule has 7 heteroatoms. The van der Waals surface area contributed by atoms with Crippen LogP contribution in [-0.4, -0.2) is 47.7 Å². The van der Waals surface area contributed by atoms with Crippen LogP contribution >= 0.6 is 0 Å². The van der Waals surface area contributed by atoms with Crippen molar-refractivity contribution in [3.05, 3.63) is 0 Å². The van der Waals surface area contributed by atoms with Gasteiger partial charge in [0.25, 0.3) is 5.91 Å². The molecule has 3 N–H and O–H groups in total. The molecule has 126 valence electrons. The molecule has 0 aliphatic carbocycles. The van der Waals surface area contributed by atoms with Crippen LogP contribution in [0.15, 0.2) is 0 Å². The SMILES string of the molecule is [2H]C([2H])([2H])C([2H])(CCNC(=O)[C@H](CC([2H])(C([2H])([2H])[2H])C([2H])([2H])[2H])NC(=O)[C@H]1O[C@@H]1C(=O)O)C([2H])([2H])[2H]. The van der Waals surface area contributed by atoms with Gasteiger partial charge in [0.05, 0.1) is 0 Å². The van der Waals surface area contributed by atoms with Crippen LogP contribution in [-0.2, 0) is 19.1 Å². The number of hydrogen-bond acceptors (Lipinski definition) is 4. The second-order valence-electron chi connectivity index (χ2n) is 4.58. The molecule has 0 radical (unpaired) electrons. The Morgan fingerprint density at radius 1 is 1.23 bits per heavy atom. The van der Waals surface area contributed by atoms with E-state index in [0.717, 1.165) is 0 Å². The summed E-state index contributed by atoms with van der Waals surface area (Å²) in [5, 5.41) is 12.8. The van der Waals surface area contributed by atoms with Crippen LogP contribution in [0.3, 0.4) is 0 Å². The Balaban J connectivity index is 3.18. The summed E-state index contributed by atoms with van der Waals surface area (Å²) in [5.41, 5.74) is 0. The van der Waals surface area contributed by atoms with Crippen LogP contribution in [0.5, 0.6) is 0 Å². The number of ether oxygens (including phenoxy) is 1. The molecule has 0 aromatic heterocycles. The van der Waals surface area contributed by atoms with Crippen molar-refractivity contribution >= 4 is 17.8 Å². The number of nitrogens with one attached hydrogen (secondary N) is 2. The molecule has 1 fully saturated rings. The van der Waals surface area contributed by atoms with Crippen LogP contribution in [0, 0.1) is 11.8 Å². The Labute approximate surface area is 150 Å². The summed E-state index contributed by atoms with van der Waals surface area (Å²) in [6.07, 6.45) is -5.40. The largest absolute Gasteiger partial charge is 0.479 e. The van der Waals surface area contributed by atoms with E-state index in [0.29, 0.717) is 0 Å². The number of carbonyl (C=O) groups is 3. The van der Waals surface area contributed by atoms with Gasteiger partial charge < -0.3 is 20.5 Å². The highest BCUT2D eigenvalue weighted by Gasteiger charge is 2.51. The molecule has 0 bridgehead atoms. The predicted molar refractivity (Wildman–Crippen MR) is 80.1 cm³/mol. The third kappa shape index (κ3) is 6.01. The summed E-state index contributed by atoms with van der Waals surface area (Å²) in [5.74, 6) is -10.4. The van der Waals surface area contributed by atoms with Crippen LogP contribution in [0.2, 0.25) is 0 Å². The monoisotopic (exact) mass is 328 g/mol. The molecule has 1 aliphatic rings. The van der Waals surface area contributed by atoms with Crippen molar-refractivity contribution in [1.29, 1.82) is 0 Å². The maximum absolute atomic E-state index is 12.8. The molecule has 0 unspecified atom stereocenters. The molecule has 22 heavy (non-hydrogen) atoms. The third-order valence-corrected chi connectivity index (χ3v) is 2.71. The highest BCUT2D eigenvalue weighted by atomic mass is 16.6. The molecule has 1 aliphatic heterocycles. The van der Waals surface area contributed by atoms with E-state index in [2.05, 4.69) is 4.74 Å². The molecule has 2 amide bonds. The third-order valence-electron chi connectivity index (χ3n) is 2.71. The first-order valence-electron chi connectivity index (χ1n) is 13.3. The van der Waals surface area contributed by atoms with E-state index in [9.17, 15) is 14.4 Å². The summed E-state index contributed by atoms with van der Waals surface area (Å²) in [6, 6.07) is -2.06. The first-order chi connectivity index (χ1) is 15.8. The van der Waals surface area contributed by atoms with Gasteiger partial charge >= 0.3 is 5.97 Å². The predicted octanol–water partition coefficient (Wildman–Crippen LogP) is 0.532. The van der Waals surface area contributed by atoms with Gasteiger partial charge in [0, 0.05) is 25.7 Å². The Kier molecular flexibility index (Phi) is 2.39. The molecular formula is C15H26N2O5. The van der Waals surface area contributed by atoms with Crippen molar-refractivity contribution in [3.8, 4) is 0 Å². The molecule has 0 aromatic carbocycles. The second kappa shape index (κ2) is 8.12. The quantitative estimate of drug-likeness (QED) is 0.535. The zero-order valence-electron chi connectivity index (χ0n) is 25.4. The summed E-state index contributed by atoms with van der Waals surface area (Å²) in [4.78, 5) is 36.0. The summed E-state index contributed by atoms with van der Waals surface area (Å²) in [7, 11) is 0. The molecule has 0 saturated carbocycles. The molecule has 7 nitrogen and oxygen atoms in total. The van der Waals surface area contributed by atoms with Gasteiger partial charge in [-0.25, -0.2) is 4.79 Å². The van der Waals surface area contributed by atoms with Gasteiger partial charge in [0.15, 0.2) is 12.2 Å². The summed E-state index contributed by atoms with van der Waals surface area (Å²) >= 11 is 0. The van der Waals surface area contributed by atoms with E-state index in [1.54, 1.807) is 0 Å². The lowest BCUT2D eigenvalue weighted by atomic mass is 10.0. The van der Waals surface area contributed by atoms with E-state index in [1.807, 2.05) is 10.6 Å². The molecule has 1 rings (SSSR count). The highest BCUT2D eigenvalue weighted by Crippen LogP contribution is 2.22. The highest BCUT2D eigenvalue weighted by molar-refractivity contribution is 5.95. The Morgan fingerprint density at radius 3 is 2.45 bits per heavy atom. The van der Waals surface area contributed by atoms with Gasteiger partial charge in [-0.05, 0) is 24.6 Å². The molecule has 3 atom stereocenters. The minimum atomic E-state index is -3.49. The minimum Gasteiger partial charge on any atom is -0.479 e. The summed E-state index contributed by atoms with van der Waals surface area (Å²) in [6.45, 7) is -14.3. The Bertz CT molecular complexity index is 822. The zero-order chi connectivity index (χ0) is 28.7. The first-order valence-corrected chi connectivity index (χ1v) is 6.26. The lowest BCUT2D eigenvalue weighted by Crippen LogP contribution is -2.49. The van der Waals surface area contributed by atoms with E-state index < -0.39 is 94.6 Å². The fourth-order valence-corrected chi connectivity index (χ4v) is 1.60. The van der Waals surface area contributed by atoms with E-state index in [1.165, 1.54) is 0 Å². The number of hydrogen-bond donors (Lipinski definition) is 3. The first kappa shape index (κ1) is 6.47. The number of carbonyl (C=O) groups excluding carboxylic acids is 2. The Hall–Kier alpha value is -1.63. The minimum absolute atomic E-state index is 0.768. The number of rotatable bonds is 9. The average Bonchev–Trinajstić information content (AvgIpc) is 3.44. The van der Waals surface area contributed by atoms with Gasteiger partial charge in [-0.15, -0.1) is 0 Å². The molecular weight excluding hydrogens is 288 g/mol. The van der Waals surface area contributed by atoms with Crippen LogP contribution in [0.1, 0.15) is 59.4 Å². The average molecular weight is 328 g/mol. The molecule has 0 spiro atoms. The van der Waals surface area contributed by atoms with Crippen molar-refractivity contribution in [2.24, 2.45) is 11.8 Å². The fraction of sp³-hybridized carbons (Fsp3) is 0.800. The number of aliphatic carboxylic acids is 1. The number of epoxide rings is 1. The molecule has 1 saturated heterocycles. The second-order valence-corrected chi connectivity index (χ2v) is 4.58. The molecule has 1 heterocycles. The fourth-order valence-electron chi connectivity index (χ4n) is 1.60. The Morgan fingerprint density at radius 2 is 1.91 bits per heavy atom. The smallest absolute Gasteiger partial charge is 0.336 e. The van der Waals surface area contributed by atoms with Gasteiger partial charge in [0.1, 0.15) is 6.04 Å². The van der Waals surface area contributed by atoms with Gasteiger partial charge in [0.2, 0.25) is 5.91 Å². The van der Waals surface area contributed by atoms with E-state index in [-0.39, 0.29) is 0 Å². The van der Waals surface area contributed by atoms with Gasteiger partial charge in [-0.1, -0.05) is 27.4 Å². The van der Waals surface area contributed by atoms with Crippen molar-refractivity contribution in [3.63, 3.8) is 0 Å². The number of carboxylic acid groups (broad SMARTS) is 1. The normalized spacial score (nSPS) is 34.2. The van der Waals surface area contributed by atoms with Crippen molar-refractivity contribution in [2.45, 2.75) is 58.5 Å². The lowest BCUT2D eigenvalue weighted by Gasteiger charge is -2.20. The van der Waals surface area contributed by atoms with Crippen LogP contribution in [0.25, 0.3) is 0 Å². The van der Waals surface area contributed by atoms with Crippen molar-refractivity contribution in [2.75, 3.05) is 6.54 Å². The lowest BCUT2D eigenvalue weighted by molar-refractivity contribution is -0.138. The van der Waals surface area contributed by atoms with Crippen LogP contribution in [0.4, 0.5) is 0 Å². The number of amides is 2. The number of carboxylic acids is 1.